The SMILES string of the molecule is O=C(COc1ccccc1C(F)(F)F)Nc1nncs1. The number of carbonyl (C=O) groups excluding carboxylic acids is 1. The van der Waals surface area contributed by atoms with Crippen LogP contribution in [0.25, 0.3) is 0 Å². The summed E-state index contributed by atoms with van der Waals surface area (Å²) in [5.41, 5.74) is 0.485. The van der Waals surface area contributed by atoms with Gasteiger partial charge in [0.25, 0.3) is 5.91 Å². The van der Waals surface area contributed by atoms with Crippen LogP contribution in [0.4, 0.5) is 18.3 Å². The van der Waals surface area contributed by atoms with Crippen molar-refractivity contribution in [1.29, 1.82) is 0 Å². The molecule has 5 nitrogen and oxygen atoms in total. The summed E-state index contributed by atoms with van der Waals surface area (Å²) >= 11 is 1.09. The second-order valence-electron chi connectivity index (χ2n) is 3.57. The largest absolute Gasteiger partial charge is 0.483 e. The van der Waals surface area contributed by atoms with E-state index in [1.54, 1.807) is 0 Å². The number of ether oxygens (including phenoxy) is 1. The Morgan fingerprint density at radius 3 is 2.75 bits per heavy atom. The van der Waals surface area contributed by atoms with Crippen LogP contribution < -0.4 is 10.1 Å². The molecule has 0 radical (unpaired) electrons. The molecule has 2 rings (SSSR count). The van der Waals surface area contributed by atoms with Crippen molar-refractivity contribution in [3.63, 3.8) is 0 Å². The van der Waals surface area contributed by atoms with Crippen LogP contribution in [0.3, 0.4) is 0 Å². The van der Waals surface area contributed by atoms with E-state index in [0.717, 1.165) is 23.5 Å². The van der Waals surface area contributed by atoms with Crippen LogP contribution in [0.15, 0.2) is 29.8 Å². The van der Waals surface area contributed by atoms with Crippen molar-refractivity contribution < 1.29 is 22.7 Å². The van der Waals surface area contributed by atoms with Gasteiger partial charge in [-0.2, -0.15) is 13.2 Å². The van der Waals surface area contributed by atoms with Crippen molar-refractivity contribution in [1.82, 2.24) is 10.2 Å². The topological polar surface area (TPSA) is 64.1 Å². The second-order valence-corrected chi connectivity index (χ2v) is 4.41. The highest BCUT2D eigenvalue weighted by Crippen LogP contribution is 2.35. The summed E-state index contributed by atoms with van der Waals surface area (Å²) in [6, 6.07) is 4.68. The third-order valence-corrected chi connectivity index (χ3v) is 2.76. The molecule has 0 saturated carbocycles. The molecular weight excluding hydrogens is 295 g/mol. The van der Waals surface area contributed by atoms with E-state index in [1.807, 2.05) is 0 Å². The Kier molecular flexibility index (Phi) is 4.18. The van der Waals surface area contributed by atoms with Crippen molar-refractivity contribution in [2.45, 2.75) is 6.18 Å². The molecule has 2 aromatic rings. The fourth-order valence-electron chi connectivity index (χ4n) is 1.35. The maximum atomic E-state index is 12.7. The molecule has 0 atom stereocenters. The van der Waals surface area contributed by atoms with E-state index in [1.165, 1.54) is 17.6 Å². The van der Waals surface area contributed by atoms with Crippen molar-refractivity contribution in [3.8, 4) is 5.75 Å². The number of nitrogens with zero attached hydrogens (tertiary/aromatic N) is 2. The number of benzene rings is 1. The van der Waals surface area contributed by atoms with E-state index in [0.29, 0.717) is 0 Å². The van der Waals surface area contributed by atoms with E-state index in [4.69, 9.17) is 4.74 Å². The van der Waals surface area contributed by atoms with Gasteiger partial charge < -0.3 is 4.74 Å². The lowest BCUT2D eigenvalue weighted by atomic mass is 10.2. The van der Waals surface area contributed by atoms with Gasteiger partial charge >= 0.3 is 6.18 Å². The average Bonchev–Trinajstić information content (AvgIpc) is 2.88. The summed E-state index contributed by atoms with van der Waals surface area (Å²) in [5.74, 6) is -1.01. The first-order valence-electron chi connectivity index (χ1n) is 5.32. The summed E-state index contributed by atoms with van der Waals surface area (Å²) in [7, 11) is 0. The predicted molar refractivity (Wildman–Crippen MR) is 65.5 cm³/mol. The van der Waals surface area contributed by atoms with Crippen LogP contribution >= 0.6 is 11.3 Å². The van der Waals surface area contributed by atoms with Gasteiger partial charge in [0, 0.05) is 0 Å². The number of nitrogens with one attached hydrogen (secondary N) is 1. The van der Waals surface area contributed by atoms with E-state index in [9.17, 15) is 18.0 Å². The molecule has 1 heterocycles. The normalized spacial score (nSPS) is 11.2. The second kappa shape index (κ2) is 5.87. The average molecular weight is 303 g/mol. The first-order valence-corrected chi connectivity index (χ1v) is 6.20. The molecule has 1 aromatic carbocycles. The number of anilines is 1. The molecule has 0 saturated heterocycles. The van der Waals surface area contributed by atoms with Crippen LogP contribution in [0.5, 0.6) is 5.75 Å². The predicted octanol–water partition coefficient (Wildman–Crippen LogP) is 2.57. The maximum absolute atomic E-state index is 12.7. The lowest BCUT2D eigenvalue weighted by Crippen LogP contribution is -2.21. The van der Waals surface area contributed by atoms with Gasteiger partial charge in [0.05, 0.1) is 5.56 Å². The number of hydrogen-bond acceptors (Lipinski definition) is 5. The van der Waals surface area contributed by atoms with Crippen LogP contribution in [0.2, 0.25) is 0 Å². The molecule has 9 heteroatoms. The minimum atomic E-state index is -4.54. The van der Waals surface area contributed by atoms with Crippen molar-refractivity contribution >= 4 is 22.4 Å². The first kappa shape index (κ1) is 14.3. The highest BCUT2D eigenvalue weighted by atomic mass is 32.1. The van der Waals surface area contributed by atoms with Gasteiger partial charge in [0.2, 0.25) is 5.13 Å². The maximum Gasteiger partial charge on any atom is 0.419 e. The molecule has 0 aliphatic rings. The van der Waals surface area contributed by atoms with Gasteiger partial charge in [0.15, 0.2) is 6.61 Å². The Labute approximate surface area is 115 Å². The van der Waals surface area contributed by atoms with Crippen LogP contribution in [0.1, 0.15) is 5.56 Å². The van der Waals surface area contributed by atoms with Crippen LogP contribution in [-0.2, 0) is 11.0 Å². The molecular formula is C11H8F3N3O2S. The number of carbonyl (C=O) groups is 1. The molecule has 0 aliphatic heterocycles. The number of halogens is 3. The standard InChI is InChI=1S/C11H8F3N3O2S/c12-11(13,14)7-3-1-2-4-8(7)19-5-9(18)16-10-17-15-6-20-10/h1-4,6H,5H2,(H,16,17,18). The van der Waals surface area contributed by atoms with Crippen molar-refractivity contribution in [3.05, 3.63) is 35.3 Å². The Bertz CT molecular complexity index is 587. The third-order valence-electron chi connectivity index (χ3n) is 2.16. The lowest BCUT2D eigenvalue weighted by molar-refractivity contribution is -0.139. The Morgan fingerprint density at radius 2 is 2.10 bits per heavy atom. The molecule has 20 heavy (non-hydrogen) atoms. The molecule has 0 unspecified atom stereocenters. The molecule has 1 N–H and O–H groups in total. The monoisotopic (exact) mass is 303 g/mol. The smallest absolute Gasteiger partial charge is 0.419 e. The molecule has 1 amide bonds. The first-order chi connectivity index (χ1) is 9.47. The number of hydrogen-bond donors (Lipinski definition) is 1. The quantitative estimate of drug-likeness (QED) is 0.943. The fraction of sp³-hybridized carbons (Fsp3) is 0.182. The highest BCUT2D eigenvalue weighted by Gasteiger charge is 2.34. The Hall–Kier alpha value is -2.16. The van der Waals surface area contributed by atoms with Crippen molar-refractivity contribution in [2.75, 3.05) is 11.9 Å². The zero-order valence-corrected chi connectivity index (χ0v) is 10.7. The zero-order valence-electron chi connectivity index (χ0n) is 9.85. The number of aromatic nitrogens is 2. The Morgan fingerprint density at radius 1 is 1.35 bits per heavy atom. The Balaban J connectivity index is 1.99. The highest BCUT2D eigenvalue weighted by molar-refractivity contribution is 7.13. The zero-order chi connectivity index (χ0) is 14.6. The van der Waals surface area contributed by atoms with E-state index >= 15 is 0 Å². The third kappa shape index (κ3) is 3.67. The molecule has 0 fully saturated rings. The number of rotatable bonds is 4. The molecule has 0 spiro atoms. The fourth-order valence-corrected chi connectivity index (χ4v) is 1.81. The molecule has 0 aliphatic carbocycles. The molecule has 0 bridgehead atoms. The summed E-state index contributed by atoms with van der Waals surface area (Å²) in [4.78, 5) is 11.5. The van der Waals surface area contributed by atoms with Gasteiger partial charge in [-0.3, -0.25) is 10.1 Å². The summed E-state index contributed by atoms with van der Waals surface area (Å²) in [5, 5.41) is 9.68. The minimum absolute atomic E-state index is 0.253. The summed E-state index contributed by atoms with van der Waals surface area (Å²) in [6.07, 6.45) is -4.54. The van der Waals surface area contributed by atoms with Gasteiger partial charge in [-0.15, -0.1) is 10.2 Å². The summed E-state index contributed by atoms with van der Waals surface area (Å²) in [6.45, 7) is -0.549. The minimum Gasteiger partial charge on any atom is -0.483 e. The van der Waals surface area contributed by atoms with Gasteiger partial charge in [-0.1, -0.05) is 23.5 Å². The lowest BCUT2D eigenvalue weighted by Gasteiger charge is -2.13. The number of para-hydroxylation sites is 1. The van der Waals surface area contributed by atoms with E-state index in [-0.39, 0.29) is 5.13 Å². The number of alkyl halides is 3. The van der Waals surface area contributed by atoms with Gasteiger partial charge in [0.1, 0.15) is 11.3 Å². The number of amides is 1. The van der Waals surface area contributed by atoms with E-state index in [2.05, 4.69) is 15.5 Å². The van der Waals surface area contributed by atoms with Crippen LogP contribution in [-0.4, -0.2) is 22.7 Å². The van der Waals surface area contributed by atoms with E-state index < -0.39 is 30.0 Å². The van der Waals surface area contributed by atoms with Crippen LogP contribution in [0, 0.1) is 0 Å². The molecule has 1 aromatic heterocycles. The molecule has 106 valence electrons. The van der Waals surface area contributed by atoms with Gasteiger partial charge in [-0.25, -0.2) is 0 Å². The summed E-state index contributed by atoms with van der Waals surface area (Å²) < 4.78 is 42.9. The van der Waals surface area contributed by atoms with Crippen molar-refractivity contribution in [2.24, 2.45) is 0 Å². The van der Waals surface area contributed by atoms with Gasteiger partial charge in [-0.05, 0) is 12.1 Å².